The number of alkyl halides is 9. The molecule has 0 spiro atoms. The number of nitrogens with zero attached hydrogens (tertiary/aromatic N) is 2. The minimum absolute atomic E-state index is 0. The van der Waals surface area contributed by atoms with E-state index in [1.165, 1.54) is 36.4 Å². The Balaban J connectivity index is 0.00000114. The molecule has 2 aliphatic rings. The zero-order chi connectivity index (χ0) is 64.8. The van der Waals surface area contributed by atoms with Crippen molar-refractivity contribution < 1.29 is 171 Å². The minimum Gasteiger partial charge on any atom is -0.286 e. The molecule has 2 saturated heterocycles. The van der Waals surface area contributed by atoms with Crippen molar-refractivity contribution >= 4 is 68.9 Å². The molecule has 1 unspecified atom stereocenters. The Morgan fingerprint density at radius 1 is 0.655 bits per heavy atom. The van der Waals surface area contributed by atoms with Gasteiger partial charge in [0.15, 0.2) is 0 Å². The van der Waals surface area contributed by atoms with Crippen molar-refractivity contribution in [1.29, 1.82) is 0 Å². The summed E-state index contributed by atoms with van der Waals surface area (Å²) in [6.45, 7) is 19.3. The van der Waals surface area contributed by atoms with Gasteiger partial charge in [0.1, 0.15) is 36.9 Å². The molecule has 477 valence electrons. The number of nitrogens with one attached hydrogen (secondary N) is 1. The van der Waals surface area contributed by atoms with Crippen LogP contribution in [-0.2, 0) is 75.7 Å². The Labute approximate surface area is 529 Å². The molecule has 84 heavy (non-hydrogen) atoms. The van der Waals surface area contributed by atoms with Crippen LogP contribution in [0.5, 0.6) is 0 Å². The second-order valence-corrected chi connectivity index (χ2v) is 33.3. The Morgan fingerprint density at radius 3 is 1.30 bits per heavy atom. The average molecular weight is 1530 g/mol. The van der Waals surface area contributed by atoms with Gasteiger partial charge in [0, 0.05) is 17.8 Å². The first-order valence-corrected chi connectivity index (χ1v) is 36.3. The second-order valence-electron chi connectivity index (χ2n) is 20.7. The Bertz CT molecular complexity index is 2680. The van der Waals surface area contributed by atoms with E-state index in [1.54, 1.807) is 83.1 Å². The number of benzene rings is 3. The fourth-order valence-electron chi connectivity index (χ4n) is 6.93. The van der Waals surface area contributed by atoms with Crippen molar-refractivity contribution in [3.05, 3.63) is 106 Å². The average Bonchev–Trinajstić information content (AvgIpc) is 4.12. The number of hydrogen-bond acceptors (Lipinski definition) is 16. The van der Waals surface area contributed by atoms with Crippen molar-refractivity contribution in [3.8, 4) is 0 Å². The first-order chi connectivity index (χ1) is 37.3. The number of alkyl carbamates (subject to hydrolysis) is 1. The van der Waals surface area contributed by atoms with Crippen LogP contribution in [0.3, 0.4) is 0 Å². The molecule has 2 aliphatic heterocycles. The Morgan fingerprint density at radius 2 is 0.976 bits per heavy atom. The molecule has 0 bridgehead atoms. The van der Waals surface area contributed by atoms with Crippen LogP contribution in [0.1, 0.15) is 134 Å². The summed E-state index contributed by atoms with van der Waals surface area (Å²) >= 11 is -9.68. The molecule has 0 radical (unpaired) electrons. The maximum Gasteiger partial charge on any atom is 1.00 e. The number of amides is 3. The number of ether oxygens (including phenoxy) is 3. The first-order valence-electron chi connectivity index (χ1n) is 23.7. The summed E-state index contributed by atoms with van der Waals surface area (Å²) in [7, 11) is 10.5. The molecular formula is C48H62Cl3F9IN3NaO16RuS2. The normalized spacial score (nSPS) is 18.8. The standard InChI is InChI=1S/C16H20F3NO5S.C16H20F3NO4S.C16H22F3NO3.3ClH.IO4.Na.Ru/c1-10(11-5-7-12(8-6-11)16(17,18)19)13-9-24-26(22,23)20(13)14(21)25-15(2,3)4;1-10(11-5-7-12(8-6-11)16(17,18)19)13-9-23-25(22)20(13)14(21)24-15(2,3)4;1-10(11-5-7-12(8-6-11)16(17,18)19)13(9-21)20-14(22)23-15(2,3)4;;;;2-1(3,4)5;;/h5-8,10,13H,9H2,1-4H3;5-8,10,13H,9H2,1-4H3;5-8,10,13,21H,9H2,1-4H3,(H,20,22);3*1H;;;/q;;;;;;-1;+1;+3/p-3/t10-,13+;10-,13+,25?;10-,13+;;;;;;/m000....../s1. The fourth-order valence-corrected chi connectivity index (χ4v) is 9.14. The van der Waals surface area contributed by atoms with Gasteiger partial charge in [-0.2, -0.15) is 56.5 Å². The summed E-state index contributed by atoms with van der Waals surface area (Å²) in [4.78, 5) is 36.3. The minimum atomic E-state index is -5.94. The van der Waals surface area contributed by atoms with Crippen molar-refractivity contribution in [3.63, 3.8) is 0 Å². The van der Waals surface area contributed by atoms with E-state index in [0.29, 0.717) is 21.0 Å². The largest absolute Gasteiger partial charge is 1.00 e. The number of carbonyl (C=O) groups excluding carboxylic acids is 3. The van der Waals surface area contributed by atoms with Crippen molar-refractivity contribution in [2.24, 2.45) is 0 Å². The van der Waals surface area contributed by atoms with Crippen molar-refractivity contribution in [2.45, 2.75) is 154 Å². The summed E-state index contributed by atoms with van der Waals surface area (Å²) in [6.07, 6.45) is -15.8. The number of rotatable bonds is 8. The molecule has 36 heteroatoms. The van der Waals surface area contributed by atoms with E-state index in [2.05, 4.69) is 5.32 Å². The molecule has 2 fully saturated rings. The Kier molecular flexibility index (Phi) is 32.8. The zero-order valence-corrected chi connectivity index (χ0v) is 56.9. The van der Waals surface area contributed by atoms with Gasteiger partial charge < -0.3 is 24.6 Å². The van der Waals surface area contributed by atoms with Crippen LogP contribution in [0.2, 0.25) is 0 Å². The topological polar surface area (TPSA) is 280 Å². The van der Waals surface area contributed by atoms with Crippen LogP contribution >= 0.6 is 29.1 Å². The molecule has 19 nitrogen and oxygen atoms in total. The maximum atomic E-state index is 12.7. The monoisotopic (exact) mass is 1530 g/mol. The summed E-state index contributed by atoms with van der Waals surface area (Å²) in [6, 6.07) is 11.4. The second kappa shape index (κ2) is 33.6. The van der Waals surface area contributed by atoms with E-state index in [0.717, 1.165) is 40.7 Å². The van der Waals surface area contributed by atoms with Gasteiger partial charge in [0.05, 0.1) is 54.6 Å². The van der Waals surface area contributed by atoms with Gasteiger partial charge in [-0.15, -0.1) is 0 Å². The van der Waals surface area contributed by atoms with Gasteiger partial charge in [-0.25, -0.2) is 18.6 Å². The summed E-state index contributed by atoms with van der Waals surface area (Å²) < 4.78 is 211. The van der Waals surface area contributed by atoms with E-state index in [9.17, 15) is 71.6 Å². The fraction of sp³-hybridized carbons (Fsp3) is 0.562. The van der Waals surface area contributed by atoms with Gasteiger partial charge in [0.2, 0.25) is 0 Å². The van der Waals surface area contributed by atoms with Crippen LogP contribution in [-0.4, -0.2) is 99.4 Å². The summed E-state index contributed by atoms with van der Waals surface area (Å²) in [5, 5.41) is 12.0. The number of aliphatic hydroxyl groups excluding tert-OH is 1. The van der Waals surface area contributed by atoms with E-state index in [4.69, 9.17) is 65.4 Å². The van der Waals surface area contributed by atoms with Gasteiger partial charge >= 0.3 is 119 Å². The SMILES string of the molecule is C[C@@H](c1ccc(C(F)(F)F)cc1)[C@@H](CO)NC(=O)OC(C)(C)C.C[C@@H](c1ccc(C(F)(F)F)cc1)[C@H]1COS(=O)(=O)N1C(=O)OC(C)(C)C.C[C@@H](c1ccc(C(F)(F)F)cc1)[C@H]1COS(=O)N1C(=O)OC(C)(C)C.[Cl][Ru]([Cl])[Cl].[Na+].[O-][I+3]([O-])([O-])[O-]. The molecular weight excluding hydrogens is 1470 g/mol. The van der Waals surface area contributed by atoms with Crippen LogP contribution in [0.15, 0.2) is 72.8 Å². The van der Waals surface area contributed by atoms with Crippen molar-refractivity contribution in [1.82, 2.24) is 13.9 Å². The van der Waals surface area contributed by atoms with E-state index in [-0.39, 0.29) is 61.2 Å². The number of carbonyl (C=O) groups is 3. The number of hydrogen-bond donors (Lipinski definition) is 2. The van der Waals surface area contributed by atoms with Gasteiger partial charge in [0.25, 0.3) is 11.3 Å². The van der Waals surface area contributed by atoms with Crippen LogP contribution in [0.4, 0.5) is 53.9 Å². The quantitative estimate of drug-likeness (QED) is 0.142. The molecule has 3 aromatic carbocycles. The molecule has 2 heterocycles. The predicted molar refractivity (Wildman–Crippen MR) is 270 cm³/mol. The predicted octanol–water partition coefficient (Wildman–Crippen LogP) is 2.73. The number of aliphatic hydroxyl groups is 1. The third kappa shape index (κ3) is 30.4. The smallest absolute Gasteiger partial charge is 0.286 e. The maximum absolute atomic E-state index is 12.7. The molecule has 0 aromatic heterocycles. The molecule has 2 N–H and O–H groups in total. The molecule has 0 saturated carbocycles. The summed E-state index contributed by atoms with van der Waals surface area (Å²) in [5.41, 5.74) is -3.08. The van der Waals surface area contributed by atoms with Crippen molar-refractivity contribution in [2.75, 3.05) is 19.8 Å². The zero-order valence-electron chi connectivity index (χ0n) is 47.1. The van der Waals surface area contributed by atoms with Crippen LogP contribution in [0.25, 0.3) is 0 Å². The van der Waals surface area contributed by atoms with E-state index in [1.807, 2.05) is 0 Å². The number of halogens is 13. The van der Waals surface area contributed by atoms with E-state index >= 15 is 0 Å². The molecule has 3 amide bonds. The van der Waals surface area contributed by atoms with Gasteiger partial charge in [-0.05, 0) is 115 Å². The van der Waals surface area contributed by atoms with Crippen LogP contribution in [0, 0.1) is 0 Å². The Hall–Kier alpha value is -2.12. The first kappa shape index (κ1) is 81.9. The molecule has 7 atom stereocenters. The third-order valence-electron chi connectivity index (χ3n) is 10.8. The molecule has 3 aromatic rings. The van der Waals surface area contributed by atoms with Crippen LogP contribution < -0.4 is 68.7 Å². The summed E-state index contributed by atoms with van der Waals surface area (Å²) in [5.74, 6) is -1.36. The van der Waals surface area contributed by atoms with E-state index < -0.39 is 149 Å². The van der Waals surface area contributed by atoms with Gasteiger partial charge in [-0.1, -0.05) is 57.2 Å². The molecule has 0 aliphatic carbocycles. The third-order valence-corrected chi connectivity index (χ3v) is 13.2. The van der Waals surface area contributed by atoms with Gasteiger partial charge in [-0.3, -0.25) is 22.1 Å². The molecule has 5 rings (SSSR count).